The van der Waals surface area contributed by atoms with Crippen LogP contribution in [0.3, 0.4) is 0 Å². The molecule has 0 radical (unpaired) electrons. The highest BCUT2D eigenvalue weighted by Crippen LogP contribution is 2.23. The average molecular weight is 533 g/mol. The van der Waals surface area contributed by atoms with Crippen molar-refractivity contribution >= 4 is 17.7 Å². The second kappa shape index (κ2) is 16.0. The standard InChI is InChI=1S/C28H48N6O2S/c1-2-14-36-15-13-31-28(35)20-37-23-16-21-18-32-26-9-5-3-7-24(26)29-11-12-30-25-8-4-6-10-27(25)33-19-22(17-23)34-21/h16-17,24-27,29-30,32-33H,2-15,18-20H2,1H3,(H,31,35)/t24-,25-,26-,27-/m1/s1. The predicted molar refractivity (Wildman–Crippen MR) is 151 cm³/mol. The molecule has 3 aliphatic rings. The Bertz CT molecular complexity index is 780. The minimum Gasteiger partial charge on any atom is -0.380 e. The summed E-state index contributed by atoms with van der Waals surface area (Å²) in [6.07, 6.45) is 11.1. The molecule has 37 heavy (non-hydrogen) atoms. The zero-order chi connectivity index (χ0) is 25.7. The van der Waals surface area contributed by atoms with E-state index >= 15 is 0 Å². The fraction of sp³-hybridized carbons (Fsp3) is 0.786. The van der Waals surface area contributed by atoms with Crippen LogP contribution in [0.25, 0.3) is 0 Å². The van der Waals surface area contributed by atoms with Crippen LogP contribution in [0.5, 0.6) is 0 Å². The smallest absolute Gasteiger partial charge is 0.230 e. The van der Waals surface area contributed by atoms with Gasteiger partial charge in [0.1, 0.15) is 0 Å². The average Bonchev–Trinajstić information content (AvgIpc) is 2.93. The number of carbonyl (C=O) groups excluding carboxylic acids is 1. The van der Waals surface area contributed by atoms with Gasteiger partial charge in [-0.05, 0) is 44.2 Å². The van der Waals surface area contributed by atoms with Gasteiger partial charge in [0.15, 0.2) is 0 Å². The number of hydrogen-bond donors (Lipinski definition) is 5. The van der Waals surface area contributed by atoms with E-state index in [-0.39, 0.29) is 5.91 Å². The lowest BCUT2D eigenvalue weighted by Crippen LogP contribution is -2.53. The maximum Gasteiger partial charge on any atom is 0.230 e. The minimum atomic E-state index is 0.0481. The Balaban J connectivity index is 1.41. The van der Waals surface area contributed by atoms with E-state index in [1.54, 1.807) is 11.8 Å². The number of nitrogens with one attached hydrogen (secondary N) is 5. The molecule has 0 saturated heterocycles. The van der Waals surface area contributed by atoms with Gasteiger partial charge in [0.25, 0.3) is 0 Å². The van der Waals surface area contributed by atoms with Crippen molar-refractivity contribution in [1.82, 2.24) is 31.6 Å². The zero-order valence-electron chi connectivity index (χ0n) is 22.7. The molecule has 1 aromatic rings. The summed E-state index contributed by atoms with van der Waals surface area (Å²) in [5.41, 5.74) is 2.13. The summed E-state index contributed by atoms with van der Waals surface area (Å²) in [4.78, 5) is 18.5. The van der Waals surface area contributed by atoms with E-state index in [1.165, 1.54) is 51.4 Å². The molecule has 0 aromatic carbocycles. The number of fused-ring (bicyclic) bond motifs is 4. The van der Waals surface area contributed by atoms with Crippen LogP contribution in [-0.4, -0.2) is 73.7 Å². The Morgan fingerprint density at radius 1 is 0.892 bits per heavy atom. The number of aromatic nitrogens is 1. The number of hydrogen-bond acceptors (Lipinski definition) is 8. The molecule has 0 unspecified atom stereocenters. The van der Waals surface area contributed by atoms with Gasteiger partial charge in [-0.1, -0.05) is 32.6 Å². The maximum absolute atomic E-state index is 12.4. The Morgan fingerprint density at radius 2 is 1.43 bits per heavy atom. The quantitative estimate of drug-likeness (QED) is 0.258. The van der Waals surface area contributed by atoms with Crippen molar-refractivity contribution in [2.75, 3.05) is 38.6 Å². The van der Waals surface area contributed by atoms with Gasteiger partial charge in [-0.25, -0.2) is 0 Å². The van der Waals surface area contributed by atoms with Crippen molar-refractivity contribution < 1.29 is 9.53 Å². The Morgan fingerprint density at radius 3 is 1.97 bits per heavy atom. The number of rotatable bonds is 8. The lowest BCUT2D eigenvalue weighted by molar-refractivity contribution is -0.118. The fourth-order valence-corrected chi connectivity index (χ4v) is 6.66. The van der Waals surface area contributed by atoms with E-state index in [0.29, 0.717) is 43.1 Å². The van der Waals surface area contributed by atoms with Gasteiger partial charge in [-0.2, -0.15) is 0 Å². The largest absolute Gasteiger partial charge is 0.380 e. The number of carbonyl (C=O) groups is 1. The lowest BCUT2D eigenvalue weighted by atomic mass is 9.89. The summed E-state index contributed by atoms with van der Waals surface area (Å²) in [5, 5.41) is 18.3. The van der Waals surface area contributed by atoms with Crippen LogP contribution in [0.15, 0.2) is 17.0 Å². The van der Waals surface area contributed by atoms with Crippen molar-refractivity contribution in [1.29, 1.82) is 0 Å². The second-order valence-corrected chi connectivity index (χ2v) is 11.8. The summed E-state index contributed by atoms with van der Waals surface area (Å²) in [7, 11) is 0. The molecular formula is C28H48N6O2S. The van der Waals surface area contributed by atoms with E-state index < -0.39 is 0 Å². The van der Waals surface area contributed by atoms with E-state index in [0.717, 1.165) is 55.5 Å². The van der Waals surface area contributed by atoms with Crippen molar-refractivity contribution in [2.24, 2.45) is 0 Å². The van der Waals surface area contributed by atoms with E-state index in [9.17, 15) is 4.79 Å². The van der Waals surface area contributed by atoms with Crippen molar-refractivity contribution in [3.8, 4) is 0 Å². The second-order valence-electron chi connectivity index (χ2n) is 10.7. The molecule has 0 spiro atoms. The summed E-state index contributed by atoms with van der Waals surface area (Å²) < 4.78 is 5.46. The SMILES string of the molecule is CCCOCCNC(=O)CSc1cc2nc(c1)CN[C@@H]1CCCC[C@H]1NCCN[C@@H]1CCCC[C@H]1NC2. The molecule has 2 heterocycles. The molecule has 2 aliphatic carbocycles. The molecule has 1 aromatic heterocycles. The molecule has 9 heteroatoms. The Labute approximate surface area is 227 Å². The summed E-state index contributed by atoms with van der Waals surface area (Å²) in [5.74, 6) is 0.452. The number of amides is 1. The van der Waals surface area contributed by atoms with E-state index in [1.807, 2.05) is 0 Å². The number of ether oxygens (including phenoxy) is 1. The van der Waals surface area contributed by atoms with Crippen molar-refractivity contribution in [3.63, 3.8) is 0 Å². The Kier molecular flexibility index (Phi) is 12.4. The molecule has 4 rings (SSSR count). The number of nitrogens with zero attached hydrogens (tertiary/aromatic N) is 1. The van der Waals surface area contributed by atoms with Gasteiger partial charge in [0.05, 0.1) is 23.7 Å². The van der Waals surface area contributed by atoms with E-state index in [2.05, 4.69) is 45.6 Å². The van der Waals surface area contributed by atoms with Gasteiger partial charge < -0.3 is 31.3 Å². The third kappa shape index (κ3) is 9.79. The first-order valence-corrected chi connectivity index (χ1v) is 15.6. The highest BCUT2D eigenvalue weighted by atomic mass is 32.2. The minimum absolute atomic E-state index is 0.0481. The van der Waals surface area contributed by atoms with Crippen LogP contribution >= 0.6 is 11.8 Å². The molecule has 5 N–H and O–H groups in total. The van der Waals surface area contributed by atoms with Crippen LogP contribution in [0.1, 0.15) is 76.1 Å². The van der Waals surface area contributed by atoms with E-state index in [4.69, 9.17) is 9.72 Å². The number of pyridine rings is 1. The van der Waals surface area contributed by atoms with Gasteiger partial charge >= 0.3 is 0 Å². The molecule has 1 amide bonds. The first-order chi connectivity index (χ1) is 18.2. The van der Waals surface area contributed by atoms with Gasteiger partial charge in [-0.15, -0.1) is 11.8 Å². The summed E-state index contributed by atoms with van der Waals surface area (Å²) in [6, 6.07) is 6.30. The maximum atomic E-state index is 12.4. The van der Waals surface area contributed by atoms with Crippen LogP contribution in [0.2, 0.25) is 0 Å². The van der Waals surface area contributed by atoms with Crippen LogP contribution < -0.4 is 26.6 Å². The van der Waals surface area contributed by atoms with Gasteiger partial charge in [0.2, 0.25) is 5.91 Å². The highest BCUT2D eigenvalue weighted by Gasteiger charge is 2.27. The molecule has 2 fully saturated rings. The molecule has 8 nitrogen and oxygen atoms in total. The first-order valence-electron chi connectivity index (χ1n) is 14.6. The lowest BCUT2D eigenvalue weighted by Gasteiger charge is -2.34. The highest BCUT2D eigenvalue weighted by molar-refractivity contribution is 8.00. The van der Waals surface area contributed by atoms with Gasteiger partial charge in [-0.3, -0.25) is 9.78 Å². The summed E-state index contributed by atoms with van der Waals surface area (Å²) >= 11 is 1.60. The molecule has 4 atom stereocenters. The summed E-state index contributed by atoms with van der Waals surface area (Å²) in [6.45, 7) is 7.52. The van der Waals surface area contributed by atoms with Crippen molar-refractivity contribution in [2.45, 2.75) is 107 Å². The normalized spacial score (nSPS) is 27.3. The molecule has 2 bridgehead atoms. The van der Waals surface area contributed by atoms with Crippen LogP contribution in [0.4, 0.5) is 0 Å². The fourth-order valence-electron chi connectivity index (χ4n) is 5.82. The Hall–Kier alpha value is -1.23. The molecule has 208 valence electrons. The van der Waals surface area contributed by atoms with Crippen LogP contribution in [-0.2, 0) is 22.6 Å². The van der Waals surface area contributed by atoms with Crippen LogP contribution in [0, 0.1) is 0 Å². The van der Waals surface area contributed by atoms with Crippen molar-refractivity contribution in [3.05, 3.63) is 23.5 Å². The van der Waals surface area contributed by atoms with Gasteiger partial charge in [0, 0.05) is 68.4 Å². The third-order valence-electron chi connectivity index (χ3n) is 7.75. The third-order valence-corrected chi connectivity index (χ3v) is 8.73. The zero-order valence-corrected chi connectivity index (χ0v) is 23.5. The molecular weight excluding hydrogens is 484 g/mol. The first kappa shape index (κ1) is 28.8. The monoisotopic (exact) mass is 532 g/mol. The topological polar surface area (TPSA) is 99.3 Å². The molecule has 1 aliphatic heterocycles. The number of thioether (sulfide) groups is 1. The molecule has 2 saturated carbocycles. The predicted octanol–water partition coefficient (Wildman–Crippen LogP) is 2.71.